The third-order valence-corrected chi connectivity index (χ3v) is 4.11. The first-order chi connectivity index (χ1) is 6.45. The van der Waals surface area contributed by atoms with E-state index in [4.69, 9.17) is 4.52 Å². The lowest BCUT2D eigenvalue weighted by molar-refractivity contribution is 0.274. The molecule has 0 saturated carbocycles. The fraction of sp³-hybridized carbons (Fsp3) is 0.778. The maximum absolute atomic E-state index is 12.1. The summed E-state index contributed by atoms with van der Waals surface area (Å²) in [5.41, 5.74) is 0. The summed E-state index contributed by atoms with van der Waals surface area (Å²) in [6.07, 6.45) is 0.789. The van der Waals surface area contributed by atoms with Gasteiger partial charge in [-0.3, -0.25) is 9.09 Å². The maximum atomic E-state index is 12.1. The maximum Gasteiger partial charge on any atom is 0.345 e. The van der Waals surface area contributed by atoms with Crippen LogP contribution in [0.2, 0.25) is 0 Å². The fourth-order valence-electron chi connectivity index (χ4n) is 0.881. The van der Waals surface area contributed by atoms with E-state index in [0.29, 0.717) is 0 Å². The summed E-state index contributed by atoms with van der Waals surface area (Å²) in [4.78, 5) is 0. The second-order valence-corrected chi connectivity index (χ2v) is 6.00. The van der Waals surface area contributed by atoms with Gasteiger partial charge in [0.1, 0.15) is 6.61 Å². The van der Waals surface area contributed by atoms with Gasteiger partial charge in [-0.2, -0.15) is 0 Å². The minimum absolute atomic E-state index is 0.210. The molecule has 0 atom stereocenters. The van der Waals surface area contributed by atoms with Crippen LogP contribution in [0.15, 0.2) is 0 Å². The Labute approximate surface area is 86.8 Å². The van der Waals surface area contributed by atoms with Crippen LogP contribution in [0.1, 0.15) is 13.3 Å². The largest absolute Gasteiger partial charge is 0.345 e. The van der Waals surface area contributed by atoms with Gasteiger partial charge in [0.15, 0.2) is 0 Å². The standard InChI is InChI=1S/C9H19N2O2P/c1-6-7-8-9-13-14(12,10(2)3)11(4)5/h6,9H2,1-5H3. The monoisotopic (exact) mass is 218 g/mol. The number of hydrogen-bond donors (Lipinski definition) is 0. The molecule has 0 aliphatic rings. The Kier molecular flexibility index (Phi) is 6.06. The topological polar surface area (TPSA) is 32.8 Å². The third-order valence-electron chi connectivity index (χ3n) is 1.62. The number of hydrogen-bond acceptors (Lipinski definition) is 2. The zero-order valence-electron chi connectivity index (χ0n) is 9.57. The van der Waals surface area contributed by atoms with E-state index in [1.165, 1.54) is 0 Å². The van der Waals surface area contributed by atoms with Gasteiger partial charge in [-0.1, -0.05) is 12.8 Å². The first-order valence-electron chi connectivity index (χ1n) is 4.51. The van der Waals surface area contributed by atoms with Crippen molar-refractivity contribution in [3.63, 3.8) is 0 Å². The SMILES string of the molecule is CCC#CCOP(=O)(N(C)C)N(C)C. The zero-order chi connectivity index (χ0) is 11.2. The summed E-state index contributed by atoms with van der Waals surface area (Å²) in [5, 5.41) is 0. The van der Waals surface area contributed by atoms with E-state index in [9.17, 15) is 4.57 Å². The normalized spacial score (nSPS) is 11.6. The molecule has 5 heteroatoms. The van der Waals surface area contributed by atoms with Crippen molar-refractivity contribution >= 4 is 7.67 Å². The summed E-state index contributed by atoms with van der Waals surface area (Å²) in [6, 6.07) is 0. The fourth-order valence-corrected chi connectivity index (χ4v) is 2.29. The molecule has 0 bridgehead atoms. The van der Waals surface area contributed by atoms with Crippen LogP contribution in [0.5, 0.6) is 0 Å². The molecule has 0 aliphatic heterocycles. The third kappa shape index (κ3) is 3.81. The molecule has 0 aromatic rings. The lowest BCUT2D eigenvalue weighted by Crippen LogP contribution is -2.22. The minimum Gasteiger partial charge on any atom is -0.293 e. The Morgan fingerprint density at radius 1 is 1.14 bits per heavy atom. The summed E-state index contributed by atoms with van der Waals surface area (Å²) >= 11 is 0. The smallest absolute Gasteiger partial charge is 0.293 e. The van der Waals surface area contributed by atoms with Gasteiger partial charge < -0.3 is 0 Å². The van der Waals surface area contributed by atoms with Crippen molar-refractivity contribution in [2.24, 2.45) is 0 Å². The van der Waals surface area contributed by atoms with Crippen LogP contribution in [-0.2, 0) is 9.09 Å². The molecule has 0 rings (SSSR count). The van der Waals surface area contributed by atoms with Crippen LogP contribution in [0, 0.1) is 11.8 Å². The summed E-state index contributed by atoms with van der Waals surface area (Å²) in [7, 11) is 4.08. The van der Waals surface area contributed by atoms with Crippen LogP contribution < -0.4 is 0 Å². The molecule has 0 aromatic heterocycles. The highest BCUT2D eigenvalue weighted by atomic mass is 31.2. The molecule has 4 nitrogen and oxygen atoms in total. The van der Waals surface area contributed by atoms with Crippen LogP contribution in [0.3, 0.4) is 0 Å². The summed E-state index contributed by atoms with van der Waals surface area (Å²) in [6.45, 7) is 2.17. The average molecular weight is 218 g/mol. The molecule has 0 heterocycles. The molecule has 0 N–H and O–H groups in total. The second-order valence-electron chi connectivity index (χ2n) is 3.17. The van der Waals surface area contributed by atoms with Crippen molar-refractivity contribution in [3.8, 4) is 11.8 Å². The van der Waals surface area contributed by atoms with Crippen molar-refractivity contribution in [1.82, 2.24) is 9.34 Å². The molecule has 0 spiro atoms. The molecular weight excluding hydrogens is 199 g/mol. The molecule has 0 fully saturated rings. The molecule has 0 radical (unpaired) electrons. The van der Waals surface area contributed by atoms with Crippen molar-refractivity contribution in [3.05, 3.63) is 0 Å². The second kappa shape index (κ2) is 6.21. The van der Waals surface area contributed by atoms with Crippen LogP contribution in [0.25, 0.3) is 0 Å². The van der Waals surface area contributed by atoms with Gasteiger partial charge in [-0.15, -0.1) is 5.92 Å². The molecule has 0 amide bonds. The van der Waals surface area contributed by atoms with E-state index in [1.807, 2.05) is 6.92 Å². The number of rotatable bonds is 4. The Morgan fingerprint density at radius 3 is 2.00 bits per heavy atom. The van der Waals surface area contributed by atoms with Gasteiger partial charge in [0.05, 0.1) is 0 Å². The van der Waals surface area contributed by atoms with Gasteiger partial charge in [0.25, 0.3) is 0 Å². The Bertz CT molecular complexity index is 254. The van der Waals surface area contributed by atoms with E-state index in [1.54, 1.807) is 37.5 Å². The van der Waals surface area contributed by atoms with Gasteiger partial charge in [-0.05, 0) is 28.2 Å². The van der Waals surface area contributed by atoms with E-state index < -0.39 is 7.67 Å². The predicted octanol–water partition coefficient (Wildman–Crippen LogP) is 1.65. The first kappa shape index (κ1) is 13.7. The van der Waals surface area contributed by atoms with Crippen molar-refractivity contribution in [1.29, 1.82) is 0 Å². The molecule has 0 aromatic carbocycles. The van der Waals surface area contributed by atoms with E-state index in [2.05, 4.69) is 11.8 Å². The van der Waals surface area contributed by atoms with Crippen LogP contribution in [0.4, 0.5) is 0 Å². The molecule has 0 aliphatic carbocycles. The van der Waals surface area contributed by atoms with Gasteiger partial charge in [0.2, 0.25) is 0 Å². The molecule has 0 unspecified atom stereocenters. The average Bonchev–Trinajstić information content (AvgIpc) is 2.11. The van der Waals surface area contributed by atoms with Crippen molar-refractivity contribution in [2.45, 2.75) is 13.3 Å². The molecule has 0 saturated heterocycles. The van der Waals surface area contributed by atoms with Gasteiger partial charge in [0, 0.05) is 6.42 Å². The first-order valence-corrected chi connectivity index (χ1v) is 6.04. The van der Waals surface area contributed by atoms with Gasteiger partial charge in [-0.25, -0.2) is 9.34 Å². The predicted molar refractivity (Wildman–Crippen MR) is 59.0 cm³/mol. The Morgan fingerprint density at radius 2 is 1.64 bits per heavy atom. The quantitative estimate of drug-likeness (QED) is 0.530. The Hall–Kier alpha value is -0.330. The minimum atomic E-state index is -2.84. The number of nitrogens with zero attached hydrogens (tertiary/aromatic N) is 2. The molecular formula is C9H19N2O2P. The highest BCUT2D eigenvalue weighted by Crippen LogP contribution is 2.50. The van der Waals surface area contributed by atoms with Crippen molar-refractivity contribution < 1.29 is 9.09 Å². The highest BCUT2D eigenvalue weighted by molar-refractivity contribution is 7.53. The molecule has 82 valence electrons. The molecule has 14 heavy (non-hydrogen) atoms. The van der Waals surface area contributed by atoms with E-state index >= 15 is 0 Å². The lowest BCUT2D eigenvalue weighted by atomic mass is 10.5. The summed E-state index contributed by atoms with van der Waals surface area (Å²) < 4.78 is 20.6. The zero-order valence-corrected chi connectivity index (χ0v) is 10.5. The van der Waals surface area contributed by atoms with Crippen LogP contribution in [-0.4, -0.2) is 44.1 Å². The van der Waals surface area contributed by atoms with Crippen molar-refractivity contribution in [2.75, 3.05) is 34.8 Å². The van der Waals surface area contributed by atoms with E-state index in [-0.39, 0.29) is 6.61 Å². The lowest BCUT2D eigenvalue weighted by Gasteiger charge is -2.28. The van der Waals surface area contributed by atoms with Crippen LogP contribution >= 0.6 is 7.67 Å². The Balaban J connectivity index is 4.33. The van der Waals surface area contributed by atoms with E-state index in [0.717, 1.165) is 6.42 Å². The van der Waals surface area contributed by atoms with Gasteiger partial charge >= 0.3 is 7.67 Å². The highest BCUT2D eigenvalue weighted by Gasteiger charge is 2.28. The summed E-state index contributed by atoms with van der Waals surface area (Å²) in [5.74, 6) is 5.67.